The molecule has 2 aliphatic heterocycles. The molecule has 4 rings (SSSR count). The first-order valence-corrected chi connectivity index (χ1v) is 19.1. The van der Waals surface area contributed by atoms with Crippen LogP contribution >= 0.6 is 23.5 Å². The number of fused-ring (bicyclic) bond motifs is 2. The van der Waals surface area contributed by atoms with Gasteiger partial charge in [-0.2, -0.15) is 0 Å². The second kappa shape index (κ2) is 13.4. The van der Waals surface area contributed by atoms with Gasteiger partial charge in [0.05, 0.1) is 0 Å². The topological polar surface area (TPSA) is 119 Å². The van der Waals surface area contributed by atoms with E-state index >= 15 is 0 Å². The molecule has 41 heavy (non-hydrogen) atoms. The predicted molar refractivity (Wildman–Crippen MR) is 171 cm³/mol. The minimum absolute atomic E-state index is 0.0626. The molecule has 12 heteroatoms. The first kappa shape index (κ1) is 32.4. The quantitative estimate of drug-likeness (QED) is 0.316. The van der Waals surface area contributed by atoms with Gasteiger partial charge in [-0.1, -0.05) is 27.7 Å². The van der Waals surface area contributed by atoms with E-state index in [1.165, 1.54) is 9.13 Å². The minimum atomic E-state index is -1.06. The van der Waals surface area contributed by atoms with Gasteiger partial charge in [0.15, 0.2) is 11.8 Å². The summed E-state index contributed by atoms with van der Waals surface area (Å²) >= 11 is 3.20. The lowest BCUT2D eigenvalue weighted by molar-refractivity contribution is 0.268. The maximum absolute atomic E-state index is 12.7. The summed E-state index contributed by atoms with van der Waals surface area (Å²) in [7, 11) is -2.12. The first-order chi connectivity index (χ1) is 19.3. The van der Waals surface area contributed by atoms with Crippen LogP contribution in [0.1, 0.15) is 58.1 Å². The van der Waals surface area contributed by atoms with Gasteiger partial charge in [0.1, 0.15) is 0 Å². The zero-order valence-corrected chi connectivity index (χ0v) is 27.7. The van der Waals surface area contributed by atoms with Gasteiger partial charge in [0.25, 0.3) is 11.1 Å². The average Bonchev–Trinajstić information content (AvgIpc) is 3.56. The number of thioether (sulfide) groups is 2. The highest BCUT2D eigenvalue weighted by atomic mass is 32.2. The summed E-state index contributed by atoms with van der Waals surface area (Å²) in [6.45, 7) is 8.80. The van der Waals surface area contributed by atoms with Crippen LogP contribution in [0.15, 0.2) is 31.5 Å². The maximum Gasteiger partial charge on any atom is 0.254 e. The van der Waals surface area contributed by atoms with E-state index in [2.05, 4.69) is 0 Å². The van der Waals surface area contributed by atoms with E-state index in [4.69, 9.17) is 0 Å². The van der Waals surface area contributed by atoms with Crippen molar-refractivity contribution in [2.75, 3.05) is 34.5 Å². The van der Waals surface area contributed by atoms with Crippen molar-refractivity contribution >= 4 is 45.1 Å². The van der Waals surface area contributed by atoms with Crippen molar-refractivity contribution in [1.29, 1.82) is 0 Å². The Kier molecular flexibility index (Phi) is 10.6. The highest BCUT2D eigenvalue weighted by molar-refractivity contribution is 7.99. The largest absolute Gasteiger partial charge is 0.494 e. The molecule has 2 aromatic rings. The van der Waals surface area contributed by atoms with Gasteiger partial charge in [0, 0.05) is 102 Å². The Morgan fingerprint density at radius 2 is 1.12 bits per heavy atom. The van der Waals surface area contributed by atoms with Crippen LogP contribution in [-0.4, -0.2) is 62.3 Å². The van der Waals surface area contributed by atoms with E-state index < -0.39 is 21.6 Å². The van der Waals surface area contributed by atoms with Crippen molar-refractivity contribution < 1.29 is 18.6 Å². The van der Waals surface area contributed by atoms with Crippen LogP contribution in [0.25, 0.3) is 0 Å². The Bertz CT molecular complexity index is 1340. The smallest absolute Gasteiger partial charge is 0.254 e. The molecule has 2 aliphatic rings. The van der Waals surface area contributed by atoms with E-state index in [1.54, 1.807) is 35.7 Å². The Morgan fingerprint density at radius 3 is 1.51 bits per heavy atom. The zero-order chi connectivity index (χ0) is 29.9. The number of pyridine rings is 2. The number of hydrogen-bond acceptors (Lipinski definition) is 8. The van der Waals surface area contributed by atoms with Gasteiger partial charge in [-0.25, -0.2) is 0 Å². The zero-order valence-electron chi connectivity index (χ0n) is 24.4. The summed E-state index contributed by atoms with van der Waals surface area (Å²) in [6, 6.07) is 3.22. The predicted octanol–water partition coefficient (Wildman–Crippen LogP) is 4.14. The van der Waals surface area contributed by atoms with Gasteiger partial charge >= 0.3 is 0 Å². The maximum atomic E-state index is 12.7. The second-order valence-corrected chi connectivity index (χ2v) is 18.2. The Balaban J connectivity index is 1.19. The second-order valence-electron chi connectivity index (χ2n) is 12.5. The number of aromatic nitrogens is 2. The summed E-state index contributed by atoms with van der Waals surface area (Å²) < 4.78 is 28.3. The van der Waals surface area contributed by atoms with E-state index in [-0.39, 0.29) is 33.7 Å². The Hall–Kier alpha value is -1.50. The third-order valence-electron chi connectivity index (χ3n) is 7.84. The molecule has 2 N–H and O–H groups in total. The van der Waals surface area contributed by atoms with Crippen molar-refractivity contribution in [3.8, 4) is 11.8 Å². The highest BCUT2D eigenvalue weighted by Gasteiger charge is 2.27. The molecule has 0 amide bonds. The van der Waals surface area contributed by atoms with Crippen LogP contribution < -0.4 is 11.1 Å². The standard InChI is InChI=1S/C29H42N2O6S4/c1-28(2,18-30-24(32)16-22-20(26(30)34)6-10-38-22)8-14-40(36)12-5-13-41(37)15-9-29(3,4)19-31-25(33)17-23-21(27(31)35)7-11-39-23/h16-17,34-35H,5-15,18-19H2,1-4H3. The number of rotatable bonds is 14. The van der Waals surface area contributed by atoms with Gasteiger partial charge in [-0.3, -0.25) is 27.1 Å². The fourth-order valence-corrected chi connectivity index (χ4v) is 10.5. The van der Waals surface area contributed by atoms with Crippen LogP contribution in [0.4, 0.5) is 0 Å². The summed E-state index contributed by atoms with van der Waals surface area (Å²) in [5, 5.41) is 21.3. The molecule has 0 bridgehead atoms. The molecule has 0 aromatic carbocycles. The van der Waals surface area contributed by atoms with Crippen LogP contribution in [0.2, 0.25) is 0 Å². The molecular weight excluding hydrogens is 601 g/mol. The number of hydrogen-bond donors (Lipinski definition) is 2. The van der Waals surface area contributed by atoms with Gasteiger partial charge in [0.2, 0.25) is 0 Å². The lowest BCUT2D eigenvalue weighted by Gasteiger charge is -2.26. The molecule has 0 saturated carbocycles. The summed E-state index contributed by atoms with van der Waals surface area (Å²) in [5.41, 5.74) is 0.648. The molecule has 4 heterocycles. The molecule has 0 fully saturated rings. The first-order valence-electron chi connectivity index (χ1n) is 14.1. The Labute approximate surface area is 255 Å². The molecule has 0 radical (unpaired) electrons. The fourth-order valence-electron chi connectivity index (χ4n) is 5.25. The van der Waals surface area contributed by atoms with Gasteiger partial charge in [-0.15, -0.1) is 23.5 Å². The van der Waals surface area contributed by atoms with E-state index in [0.717, 1.165) is 45.3 Å². The third-order valence-corrected chi connectivity index (χ3v) is 12.8. The number of aromatic hydroxyl groups is 2. The van der Waals surface area contributed by atoms with Crippen LogP contribution in [0.5, 0.6) is 11.8 Å². The summed E-state index contributed by atoms with van der Waals surface area (Å²) in [6.07, 6.45) is 3.40. The molecule has 2 aromatic heterocycles. The van der Waals surface area contributed by atoms with Crippen molar-refractivity contribution in [3.63, 3.8) is 0 Å². The molecule has 228 valence electrons. The van der Waals surface area contributed by atoms with Crippen molar-refractivity contribution in [2.45, 2.75) is 82.7 Å². The summed E-state index contributed by atoms with van der Waals surface area (Å²) in [5.74, 6) is 3.79. The lowest BCUT2D eigenvalue weighted by Crippen LogP contribution is -2.30. The molecular formula is C29H42N2O6S4. The average molecular weight is 643 g/mol. The van der Waals surface area contributed by atoms with Crippen molar-refractivity contribution in [3.05, 3.63) is 44.0 Å². The van der Waals surface area contributed by atoms with E-state index in [1.807, 2.05) is 27.7 Å². The SMILES string of the molecule is CC(C)(CCS(=O)CCCS(=O)CCC(C)(C)Cn1c(O)c2c(cc1=O)SCC2)Cn1c(O)c2c(cc1=O)SCC2. The fraction of sp³-hybridized carbons (Fsp3) is 0.655. The molecule has 0 saturated heterocycles. The third kappa shape index (κ3) is 8.32. The highest BCUT2D eigenvalue weighted by Crippen LogP contribution is 2.37. The Morgan fingerprint density at radius 1 is 0.732 bits per heavy atom. The lowest BCUT2D eigenvalue weighted by atomic mass is 9.90. The molecule has 0 aliphatic carbocycles. The normalized spacial score (nSPS) is 16.5. The monoisotopic (exact) mass is 642 g/mol. The van der Waals surface area contributed by atoms with Crippen molar-refractivity contribution in [2.24, 2.45) is 10.8 Å². The molecule has 2 unspecified atom stereocenters. The molecule has 2 atom stereocenters. The van der Waals surface area contributed by atoms with E-state index in [0.29, 0.717) is 55.4 Å². The molecule has 8 nitrogen and oxygen atoms in total. The van der Waals surface area contributed by atoms with Crippen LogP contribution in [-0.2, 0) is 47.5 Å². The van der Waals surface area contributed by atoms with Gasteiger partial charge < -0.3 is 10.2 Å². The van der Waals surface area contributed by atoms with Crippen LogP contribution in [0, 0.1) is 10.8 Å². The minimum Gasteiger partial charge on any atom is -0.494 e. The van der Waals surface area contributed by atoms with Crippen LogP contribution in [0.3, 0.4) is 0 Å². The number of nitrogens with zero attached hydrogens (tertiary/aromatic N) is 2. The summed E-state index contributed by atoms with van der Waals surface area (Å²) in [4.78, 5) is 26.9. The van der Waals surface area contributed by atoms with Crippen molar-refractivity contribution in [1.82, 2.24) is 9.13 Å². The van der Waals surface area contributed by atoms with Gasteiger partial charge in [-0.05, 0) is 42.9 Å². The molecule has 0 spiro atoms. The van der Waals surface area contributed by atoms with E-state index in [9.17, 15) is 28.2 Å².